The second kappa shape index (κ2) is 7.93. The molecule has 8 heteroatoms. The van der Waals surface area contributed by atoms with Crippen molar-refractivity contribution in [2.45, 2.75) is 0 Å². The summed E-state index contributed by atoms with van der Waals surface area (Å²) in [5.74, 6) is 2.70. The molecule has 0 fully saturated rings. The molecular formula is C20H18N2O6. The average Bonchev–Trinajstić information content (AvgIpc) is 3.35. The van der Waals surface area contributed by atoms with Gasteiger partial charge in [-0.25, -0.2) is 0 Å². The Kier molecular flexibility index (Phi) is 5.03. The molecule has 2 aromatic carbocycles. The van der Waals surface area contributed by atoms with Gasteiger partial charge in [-0.15, -0.1) is 0 Å². The van der Waals surface area contributed by atoms with E-state index in [1.807, 2.05) is 42.5 Å². The van der Waals surface area contributed by atoms with E-state index in [-0.39, 0.29) is 13.6 Å². The van der Waals surface area contributed by atoms with Crippen molar-refractivity contribution in [2.24, 2.45) is 0 Å². The fourth-order valence-corrected chi connectivity index (χ4v) is 2.87. The molecule has 0 radical (unpaired) electrons. The first-order valence-electron chi connectivity index (χ1n) is 8.49. The van der Waals surface area contributed by atoms with E-state index in [2.05, 4.69) is 10.8 Å². The Morgan fingerprint density at radius 2 is 1.39 bits per heavy atom. The number of hydrogen-bond acceptors (Lipinski definition) is 7. The Morgan fingerprint density at radius 1 is 0.857 bits per heavy atom. The van der Waals surface area contributed by atoms with Crippen LogP contribution in [0, 0.1) is 0 Å². The van der Waals surface area contributed by atoms with Gasteiger partial charge in [0.15, 0.2) is 23.0 Å². The van der Waals surface area contributed by atoms with Crippen LogP contribution in [0.15, 0.2) is 47.8 Å². The summed E-state index contributed by atoms with van der Waals surface area (Å²) in [5.41, 5.74) is 5.52. The lowest BCUT2D eigenvalue weighted by molar-refractivity contribution is -0.108. The Morgan fingerprint density at radius 3 is 1.93 bits per heavy atom. The van der Waals surface area contributed by atoms with E-state index in [0.717, 1.165) is 11.1 Å². The van der Waals surface area contributed by atoms with Crippen LogP contribution in [0.2, 0.25) is 0 Å². The molecular weight excluding hydrogens is 364 g/mol. The van der Waals surface area contributed by atoms with Crippen molar-refractivity contribution in [1.82, 2.24) is 10.8 Å². The zero-order valence-electron chi connectivity index (χ0n) is 15.1. The molecule has 0 spiro atoms. The van der Waals surface area contributed by atoms with Gasteiger partial charge in [-0.05, 0) is 47.5 Å². The molecule has 0 unspecified atom stereocenters. The Labute approximate surface area is 161 Å². The Hall–Kier alpha value is -3.65. The molecule has 8 nitrogen and oxygen atoms in total. The fourth-order valence-electron chi connectivity index (χ4n) is 2.87. The molecule has 1 amide bonds. The number of hydrogen-bond donors (Lipinski definition) is 2. The molecule has 0 saturated heterocycles. The van der Waals surface area contributed by atoms with E-state index in [1.165, 1.54) is 7.11 Å². The predicted octanol–water partition coefficient (Wildman–Crippen LogP) is 2.42. The van der Waals surface area contributed by atoms with Crippen LogP contribution in [0.1, 0.15) is 11.1 Å². The minimum atomic E-state index is 0.197. The monoisotopic (exact) mass is 382 g/mol. The summed E-state index contributed by atoms with van der Waals surface area (Å²) in [4.78, 5) is 16.3. The highest BCUT2D eigenvalue weighted by atomic mass is 16.7. The smallest absolute Gasteiger partial charge is 0.231 e. The average molecular weight is 382 g/mol. The van der Waals surface area contributed by atoms with Crippen molar-refractivity contribution in [1.29, 1.82) is 0 Å². The standard InChI is InChI=1S/C20H18N2O6/c1-24-22-16(7-14-3-5-18-20(9-14)28-12-26-18)15(21-10-23)6-13-2-4-17-19(8-13)27-11-25-17/h2-10,22H,11-12H2,1H3,(H,21,23)/b15-6-,16-7-. The second-order valence-electron chi connectivity index (χ2n) is 5.91. The highest BCUT2D eigenvalue weighted by Gasteiger charge is 2.15. The fraction of sp³-hybridized carbons (Fsp3) is 0.150. The maximum atomic E-state index is 11.2. The van der Waals surface area contributed by atoms with E-state index in [9.17, 15) is 4.79 Å². The summed E-state index contributed by atoms with van der Waals surface area (Å²) < 4.78 is 21.5. The molecule has 4 rings (SSSR count). The maximum Gasteiger partial charge on any atom is 0.231 e. The lowest BCUT2D eigenvalue weighted by atomic mass is 10.1. The largest absolute Gasteiger partial charge is 0.454 e. The van der Waals surface area contributed by atoms with Crippen molar-refractivity contribution in [3.8, 4) is 23.0 Å². The molecule has 2 N–H and O–H groups in total. The third-order valence-corrected chi connectivity index (χ3v) is 4.13. The number of rotatable bonds is 7. The topological polar surface area (TPSA) is 87.3 Å². The number of fused-ring (bicyclic) bond motifs is 2. The molecule has 0 saturated carbocycles. The van der Waals surface area contributed by atoms with E-state index in [4.69, 9.17) is 23.8 Å². The lowest BCUT2D eigenvalue weighted by Gasteiger charge is -2.13. The van der Waals surface area contributed by atoms with Crippen molar-refractivity contribution in [3.05, 3.63) is 58.9 Å². The summed E-state index contributed by atoms with van der Waals surface area (Å²) in [6, 6.07) is 11.1. The van der Waals surface area contributed by atoms with Gasteiger partial charge in [0, 0.05) is 0 Å². The molecule has 144 valence electrons. The summed E-state index contributed by atoms with van der Waals surface area (Å²) in [5, 5.41) is 2.70. The van der Waals surface area contributed by atoms with Crippen LogP contribution in [0.25, 0.3) is 12.2 Å². The number of amides is 1. The molecule has 0 aromatic heterocycles. The van der Waals surface area contributed by atoms with Gasteiger partial charge in [-0.3, -0.25) is 15.1 Å². The quantitative estimate of drug-likeness (QED) is 0.432. The third-order valence-electron chi connectivity index (χ3n) is 4.13. The number of hydroxylamine groups is 1. The van der Waals surface area contributed by atoms with Crippen molar-refractivity contribution in [3.63, 3.8) is 0 Å². The molecule has 2 heterocycles. The maximum absolute atomic E-state index is 11.2. The zero-order valence-corrected chi connectivity index (χ0v) is 15.1. The van der Waals surface area contributed by atoms with Gasteiger partial charge in [0.05, 0.1) is 18.5 Å². The first-order valence-corrected chi connectivity index (χ1v) is 8.49. The molecule has 0 atom stereocenters. The number of benzene rings is 2. The number of carbonyl (C=O) groups excluding carboxylic acids is 1. The van der Waals surface area contributed by atoms with Crippen LogP contribution in [-0.4, -0.2) is 27.1 Å². The SMILES string of the molecule is CONC(=C\c1ccc2c(c1)OCO2)/C(=C/c1ccc2c(c1)OCO2)NC=O. The Balaban J connectivity index is 1.69. The third kappa shape index (κ3) is 3.72. The number of ether oxygens (including phenoxy) is 4. The van der Waals surface area contributed by atoms with Crippen LogP contribution in [-0.2, 0) is 9.63 Å². The van der Waals surface area contributed by atoms with Gasteiger partial charge in [0.2, 0.25) is 20.0 Å². The summed E-state index contributed by atoms with van der Waals surface area (Å²) in [6.07, 6.45) is 4.21. The van der Waals surface area contributed by atoms with E-state index in [1.54, 1.807) is 6.08 Å². The van der Waals surface area contributed by atoms with Gasteiger partial charge in [0.1, 0.15) is 0 Å². The minimum Gasteiger partial charge on any atom is -0.454 e. The van der Waals surface area contributed by atoms with Gasteiger partial charge < -0.3 is 24.3 Å². The van der Waals surface area contributed by atoms with Crippen LogP contribution < -0.4 is 29.7 Å². The van der Waals surface area contributed by atoms with E-state index < -0.39 is 0 Å². The van der Waals surface area contributed by atoms with E-state index >= 15 is 0 Å². The number of carbonyl (C=O) groups is 1. The molecule has 0 bridgehead atoms. The first kappa shape index (κ1) is 17.7. The van der Waals surface area contributed by atoms with Crippen molar-refractivity contribution < 1.29 is 28.6 Å². The van der Waals surface area contributed by atoms with Crippen molar-refractivity contribution >= 4 is 18.6 Å². The van der Waals surface area contributed by atoms with Crippen LogP contribution in [0.4, 0.5) is 0 Å². The lowest BCUT2D eigenvalue weighted by Crippen LogP contribution is -2.21. The second-order valence-corrected chi connectivity index (χ2v) is 5.91. The highest BCUT2D eigenvalue weighted by Crippen LogP contribution is 2.34. The van der Waals surface area contributed by atoms with Gasteiger partial charge in [-0.1, -0.05) is 12.1 Å². The minimum absolute atomic E-state index is 0.197. The Bertz CT molecular complexity index is 954. The molecule has 28 heavy (non-hydrogen) atoms. The molecule has 2 aliphatic rings. The van der Waals surface area contributed by atoms with Gasteiger partial charge in [0.25, 0.3) is 0 Å². The summed E-state index contributed by atoms with van der Waals surface area (Å²) in [6.45, 7) is 0.399. The molecule has 2 aliphatic heterocycles. The van der Waals surface area contributed by atoms with E-state index in [0.29, 0.717) is 40.8 Å². The van der Waals surface area contributed by atoms with Gasteiger partial charge >= 0.3 is 0 Å². The van der Waals surface area contributed by atoms with Gasteiger partial charge in [-0.2, -0.15) is 0 Å². The molecule has 2 aromatic rings. The van der Waals surface area contributed by atoms with Crippen LogP contribution >= 0.6 is 0 Å². The summed E-state index contributed by atoms with van der Waals surface area (Å²) >= 11 is 0. The summed E-state index contributed by atoms with van der Waals surface area (Å²) in [7, 11) is 1.49. The normalized spacial score (nSPS) is 14.8. The van der Waals surface area contributed by atoms with Crippen LogP contribution in [0.3, 0.4) is 0 Å². The first-order chi connectivity index (χ1) is 13.8. The van der Waals surface area contributed by atoms with Crippen LogP contribution in [0.5, 0.6) is 23.0 Å². The highest BCUT2D eigenvalue weighted by molar-refractivity contribution is 5.70. The predicted molar refractivity (Wildman–Crippen MR) is 100 cm³/mol. The number of nitrogens with one attached hydrogen (secondary N) is 2. The zero-order chi connectivity index (χ0) is 19.3. The molecule has 0 aliphatic carbocycles. The van der Waals surface area contributed by atoms with Crippen molar-refractivity contribution in [2.75, 3.05) is 20.7 Å².